The van der Waals surface area contributed by atoms with Crippen LogP contribution in [0, 0.1) is 0 Å². The number of aliphatic hydroxyl groups excluding tert-OH is 1. The molecule has 20 heavy (non-hydrogen) atoms. The van der Waals surface area contributed by atoms with Crippen LogP contribution < -0.4 is 10.1 Å². The van der Waals surface area contributed by atoms with Crippen LogP contribution in [0.3, 0.4) is 0 Å². The Kier molecular flexibility index (Phi) is 4.90. The van der Waals surface area contributed by atoms with Crippen LogP contribution in [-0.2, 0) is 13.0 Å². The van der Waals surface area contributed by atoms with E-state index in [2.05, 4.69) is 22.2 Å². The molecule has 5 heteroatoms. The molecule has 0 aliphatic rings. The Labute approximate surface area is 118 Å². The average Bonchev–Trinajstić information content (AvgIpc) is 2.49. The minimum atomic E-state index is -0.00937. The molecule has 0 aliphatic heterocycles. The Bertz CT molecular complexity index is 573. The van der Waals surface area contributed by atoms with Crippen LogP contribution in [0.25, 0.3) is 0 Å². The van der Waals surface area contributed by atoms with E-state index in [0.29, 0.717) is 11.6 Å². The molecule has 1 aromatic heterocycles. The van der Waals surface area contributed by atoms with Crippen LogP contribution in [-0.4, -0.2) is 22.1 Å². The Morgan fingerprint density at radius 2 is 2.15 bits per heavy atom. The highest BCUT2D eigenvalue weighted by molar-refractivity contribution is 5.49. The second-order valence-electron chi connectivity index (χ2n) is 4.41. The van der Waals surface area contributed by atoms with Crippen molar-refractivity contribution in [2.24, 2.45) is 0 Å². The maximum absolute atomic E-state index is 9.16. The van der Waals surface area contributed by atoms with Gasteiger partial charge in [-0.05, 0) is 24.1 Å². The van der Waals surface area contributed by atoms with Crippen molar-refractivity contribution < 1.29 is 9.84 Å². The zero-order valence-corrected chi connectivity index (χ0v) is 11.8. The molecule has 106 valence electrons. The molecule has 0 radical (unpaired) electrons. The van der Waals surface area contributed by atoms with Crippen LogP contribution in [0.5, 0.6) is 11.6 Å². The van der Waals surface area contributed by atoms with Crippen molar-refractivity contribution in [2.45, 2.75) is 26.4 Å². The molecule has 0 bridgehead atoms. The van der Waals surface area contributed by atoms with Gasteiger partial charge in [0, 0.05) is 7.05 Å². The SMILES string of the molecule is CCCc1c(NC)ncnc1Oc1cccc(CO)c1. The summed E-state index contributed by atoms with van der Waals surface area (Å²) in [5.74, 6) is 2.01. The summed E-state index contributed by atoms with van der Waals surface area (Å²) < 4.78 is 5.84. The highest BCUT2D eigenvalue weighted by Gasteiger charge is 2.12. The summed E-state index contributed by atoms with van der Waals surface area (Å²) in [5, 5.41) is 12.2. The summed E-state index contributed by atoms with van der Waals surface area (Å²) in [6, 6.07) is 7.34. The number of hydrogen-bond donors (Lipinski definition) is 2. The largest absolute Gasteiger partial charge is 0.439 e. The third kappa shape index (κ3) is 3.24. The molecular formula is C15H19N3O2. The van der Waals surface area contributed by atoms with Gasteiger partial charge in [0.15, 0.2) is 0 Å². The van der Waals surface area contributed by atoms with E-state index < -0.39 is 0 Å². The van der Waals surface area contributed by atoms with Gasteiger partial charge in [0.25, 0.3) is 0 Å². The number of rotatable bonds is 6. The lowest BCUT2D eigenvalue weighted by Crippen LogP contribution is -2.03. The molecule has 2 rings (SSSR count). The van der Waals surface area contributed by atoms with Gasteiger partial charge in [-0.2, -0.15) is 0 Å². The molecular weight excluding hydrogens is 254 g/mol. The Morgan fingerprint density at radius 3 is 2.85 bits per heavy atom. The topological polar surface area (TPSA) is 67.3 Å². The molecule has 0 spiro atoms. The molecule has 0 amide bonds. The number of aliphatic hydroxyl groups is 1. The van der Waals surface area contributed by atoms with Gasteiger partial charge in [-0.3, -0.25) is 0 Å². The van der Waals surface area contributed by atoms with Crippen molar-refractivity contribution in [3.05, 3.63) is 41.7 Å². The van der Waals surface area contributed by atoms with Gasteiger partial charge >= 0.3 is 0 Å². The molecule has 0 unspecified atom stereocenters. The van der Waals surface area contributed by atoms with E-state index in [4.69, 9.17) is 9.84 Å². The fourth-order valence-electron chi connectivity index (χ4n) is 1.99. The number of anilines is 1. The standard InChI is InChI=1S/C15H19N3O2/c1-3-5-13-14(16-2)17-10-18-15(13)20-12-7-4-6-11(8-12)9-19/h4,6-8,10,19H,3,5,9H2,1-2H3,(H,16,17,18). The van der Waals surface area contributed by atoms with Gasteiger partial charge in [-0.1, -0.05) is 25.5 Å². The predicted octanol–water partition coefficient (Wildman–Crippen LogP) is 2.76. The smallest absolute Gasteiger partial charge is 0.227 e. The monoisotopic (exact) mass is 273 g/mol. The van der Waals surface area contributed by atoms with E-state index in [0.717, 1.165) is 29.8 Å². The number of benzene rings is 1. The first-order valence-electron chi connectivity index (χ1n) is 6.67. The van der Waals surface area contributed by atoms with Crippen molar-refractivity contribution in [1.82, 2.24) is 9.97 Å². The minimum Gasteiger partial charge on any atom is -0.439 e. The maximum atomic E-state index is 9.16. The van der Waals surface area contributed by atoms with E-state index in [9.17, 15) is 0 Å². The van der Waals surface area contributed by atoms with Gasteiger partial charge in [0.2, 0.25) is 5.88 Å². The molecule has 1 heterocycles. The third-order valence-corrected chi connectivity index (χ3v) is 2.94. The Balaban J connectivity index is 2.32. The predicted molar refractivity (Wildman–Crippen MR) is 78.0 cm³/mol. The summed E-state index contributed by atoms with van der Waals surface area (Å²) in [6.07, 6.45) is 3.30. The first-order chi connectivity index (χ1) is 9.78. The molecule has 1 aromatic carbocycles. The zero-order valence-electron chi connectivity index (χ0n) is 11.8. The van der Waals surface area contributed by atoms with Crippen molar-refractivity contribution in [2.75, 3.05) is 12.4 Å². The molecule has 5 nitrogen and oxygen atoms in total. The Morgan fingerprint density at radius 1 is 1.30 bits per heavy atom. The van der Waals surface area contributed by atoms with Crippen molar-refractivity contribution in [3.63, 3.8) is 0 Å². The lowest BCUT2D eigenvalue weighted by molar-refractivity contribution is 0.281. The molecule has 0 saturated carbocycles. The van der Waals surface area contributed by atoms with Crippen molar-refractivity contribution >= 4 is 5.82 Å². The molecule has 0 aliphatic carbocycles. The number of ether oxygens (including phenoxy) is 1. The number of hydrogen-bond acceptors (Lipinski definition) is 5. The van der Waals surface area contributed by atoms with E-state index in [1.807, 2.05) is 25.2 Å². The summed E-state index contributed by atoms with van der Waals surface area (Å²) >= 11 is 0. The maximum Gasteiger partial charge on any atom is 0.227 e. The van der Waals surface area contributed by atoms with Crippen LogP contribution >= 0.6 is 0 Å². The van der Waals surface area contributed by atoms with Gasteiger partial charge in [0.05, 0.1) is 12.2 Å². The van der Waals surface area contributed by atoms with Gasteiger partial charge in [0.1, 0.15) is 17.9 Å². The normalized spacial score (nSPS) is 10.3. The first-order valence-corrected chi connectivity index (χ1v) is 6.67. The lowest BCUT2D eigenvalue weighted by Gasteiger charge is -2.13. The van der Waals surface area contributed by atoms with E-state index in [-0.39, 0.29) is 6.61 Å². The Hall–Kier alpha value is -2.14. The second-order valence-corrected chi connectivity index (χ2v) is 4.41. The molecule has 0 fully saturated rings. The molecule has 2 aromatic rings. The fourth-order valence-corrected chi connectivity index (χ4v) is 1.99. The van der Waals surface area contributed by atoms with Crippen molar-refractivity contribution in [3.8, 4) is 11.6 Å². The van der Waals surface area contributed by atoms with Crippen LogP contribution in [0.1, 0.15) is 24.5 Å². The molecule has 0 atom stereocenters. The van der Waals surface area contributed by atoms with E-state index >= 15 is 0 Å². The summed E-state index contributed by atoms with van der Waals surface area (Å²) in [4.78, 5) is 8.43. The quantitative estimate of drug-likeness (QED) is 0.847. The number of aromatic nitrogens is 2. The summed E-state index contributed by atoms with van der Waals surface area (Å²) in [6.45, 7) is 2.09. The zero-order chi connectivity index (χ0) is 14.4. The van der Waals surface area contributed by atoms with E-state index in [1.54, 1.807) is 6.07 Å². The van der Waals surface area contributed by atoms with Crippen LogP contribution in [0.4, 0.5) is 5.82 Å². The number of nitrogens with zero attached hydrogens (tertiary/aromatic N) is 2. The fraction of sp³-hybridized carbons (Fsp3) is 0.333. The third-order valence-electron chi connectivity index (χ3n) is 2.94. The van der Waals surface area contributed by atoms with Gasteiger partial charge < -0.3 is 15.2 Å². The minimum absolute atomic E-state index is 0.00937. The van der Waals surface area contributed by atoms with Gasteiger partial charge in [-0.15, -0.1) is 0 Å². The second kappa shape index (κ2) is 6.86. The summed E-state index contributed by atoms with van der Waals surface area (Å²) in [5.41, 5.74) is 1.77. The van der Waals surface area contributed by atoms with Crippen LogP contribution in [0.2, 0.25) is 0 Å². The van der Waals surface area contributed by atoms with Crippen molar-refractivity contribution in [1.29, 1.82) is 0 Å². The molecule has 0 saturated heterocycles. The average molecular weight is 273 g/mol. The first kappa shape index (κ1) is 14.3. The number of nitrogens with one attached hydrogen (secondary N) is 1. The van der Waals surface area contributed by atoms with Gasteiger partial charge in [-0.25, -0.2) is 9.97 Å². The highest BCUT2D eigenvalue weighted by Crippen LogP contribution is 2.28. The highest BCUT2D eigenvalue weighted by atomic mass is 16.5. The lowest BCUT2D eigenvalue weighted by atomic mass is 10.1. The molecule has 2 N–H and O–H groups in total. The van der Waals surface area contributed by atoms with Crippen LogP contribution in [0.15, 0.2) is 30.6 Å². The van der Waals surface area contributed by atoms with E-state index in [1.165, 1.54) is 6.33 Å². The summed E-state index contributed by atoms with van der Waals surface area (Å²) in [7, 11) is 1.83.